The Morgan fingerprint density at radius 3 is 2.48 bits per heavy atom. The molecule has 0 aliphatic heterocycles. The highest BCUT2D eigenvalue weighted by molar-refractivity contribution is 7.90. The number of nitrogens with zero attached hydrogens (tertiary/aromatic N) is 5. The van der Waals surface area contributed by atoms with Gasteiger partial charge in [-0.05, 0) is 12.1 Å². The second-order valence-electron chi connectivity index (χ2n) is 4.84. The van der Waals surface area contributed by atoms with E-state index in [-0.39, 0.29) is 23.4 Å². The summed E-state index contributed by atoms with van der Waals surface area (Å²) in [5.41, 5.74) is -0.0448. The number of urea groups is 1. The zero-order chi connectivity index (χ0) is 19.6. The molecular weight excluding hydrogens is 385 g/mol. The number of hydrogen-bond donors (Lipinski definition) is 2. The average Bonchev–Trinajstić information content (AvgIpc) is 2.97. The van der Waals surface area contributed by atoms with Crippen molar-refractivity contribution in [3.8, 4) is 11.8 Å². The molecule has 0 aromatic carbocycles. The van der Waals surface area contributed by atoms with Crippen LogP contribution >= 0.6 is 0 Å². The van der Waals surface area contributed by atoms with Gasteiger partial charge in [0.2, 0.25) is 22.7 Å². The fourth-order valence-corrected chi connectivity index (χ4v) is 3.06. The SMILES string of the molecule is COc1cc(OC)nc(NC(=O)NS(=O)(=O)c2c(F)nc3cccnn23)n1. The van der Waals surface area contributed by atoms with Gasteiger partial charge >= 0.3 is 6.03 Å². The third-order valence-corrected chi connectivity index (χ3v) is 4.42. The standard InChI is InChI=1S/C13H12FN7O5S/c1-25-8-6-9(26-2)18-12(17-8)19-13(22)20-27(23,24)11-10(14)16-7-4-3-5-15-21(7)11/h3-6H,1-2H3,(H2,17,18,19,20,22). The molecule has 0 spiro atoms. The summed E-state index contributed by atoms with van der Waals surface area (Å²) in [6, 6.07) is 2.91. The van der Waals surface area contributed by atoms with E-state index < -0.39 is 27.0 Å². The van der Waals surface area contributed by atoms with Crippen LogP contribution in [-0.4, -0.2) is 53.2 Å². The van der Waals surface area contributed by atoms with E-state index in [2.05, 4.69) is 25.4 Å². The van der Waals surface area contributed by atoms with E-state index in [4.69, 9.17) is 9.47 Å². The molecule has 0 saturated carbocycles. The summed E-state index contributed by atoms with van der Waals surface area (Å²) in [6.07, 6.45) is 1.24. The van der Waals surface area contributed by atoms with Crippen molar-refractivity contribution in [1.82, 2.24) is 29.3 Å². The molecule has 0 fully saturated rings. The quantitative estimate of drug-likeness (QED) is 0.615. The number of methoxy groups -OCH3 is 2. The lowest BCUT2D eigenvalue weighted by Gasteiger charge is -2.09. The molecule has 2 amide bonds. The summed E-state index contributed by atoms with van der Waals surface area (Å²) in [5.74, 6) is -1.47. The summed E-state index contributed by atoms with van der Waals surface area (Å²) in [4.78, 5) is 23.1. The van der Waals surface area contributed by atoms with Crippen molar-refractivity contribution in [3.63, 3.8) is 0 Å². The van der Waals surface area contributed by atoms with Gasteiger partial charge in [-0.1, -0.05) is 0 Å². The Morgan fingerprint density at radius 1 is 1.19 bits per heavy atom. The van der Waals surface area contributed by atoms with E-state index in [9.17, 15) is 17.6 Å². The van der Waals surface area contributed by atoms with Gasteiger partial charge in [-0.25, -0.2) is 9.52 Å². The Morgan fingerprint density at radius 2 is 1.85 bits per heavy atom. The number of aromatic nitrogens is 5. The van der Waals surface area contributed by atoms with Gasteiger partial charge in [0.15, 0.2) is 5.65 Å². The van der Waals surface area contributed by atoms with E-state index in [1.807, 2.05) is 0 Å². The minimum atomic E-state index is -4.64. The van der Waals surface area contributed by atoms with Crippen molar-refractivity contribution < 1.29 is 27.1 Å². The number of hydrogen-bond acceptors (Lipinski definition) is 9. The topological polar surface area (TPSA) is 150 Å². The summed E-state index contributed by atoms with van der Waals surface area (Å²) < 4.78 is 50.9. The number of rotatable bonds is 5. The molecule has 0 unspecified atom stereocenters. The smallest absolute Gasteiger partial charge is 0.335 e. The Kier molecular flexibility index (Phi) is 4.72. The first-order chi connectivity index (χ1) is 12.8. The molecule has 2 N–H and O–H groups in total. The largest absolute Gasteiger partial charge is 0.481 e. The van der Waals surface area contributed by atoms with Crippen LogP contribution in [-0.2, 0) is 10.0 Å². The van der Waals surface area contributed by atoms with E-state index in [1.54, 1.807) is 4.72 Å². The van der Waals surface area contributed by atoms with Crippen LogP contribution in [0.4, 0.5) is 15.1 Å². The Hall–Kier alpha value is -3.55. The lowest BCUT2D eigenvalue weighted by molar-refractivity contribution is 0.256. The minimum Gasteiger partial charge on any atom is -0.481 e. The van der Waals surface area contributed by atoms with E-state index in [0.717, 1.165) is 4.52 Å². The number of ether oxygens (including phenoxy) is 2. The van der Waals surface area contributed by atoms with Crippen LogP contribution in [0.15, 0.2) is 29.4 Å². The predicted octanol–water partition coefficient (Wildman–Crippen LogP) is 0.186. The van der Waals surface area contributed by atoms with Crippen LogP contribution in [0.25, 0.3) is 5.65 Å². The maximum Gasteiger partial charge on any atom is 0.335 e. The first-order valence-electron chi connectivity index (χ1n) is 7.14. The zero-order valence-corrected chi connectivity index (χ0v) is 14.7. The second kappa shape index (κ2) is 6.99. The molecule has 27 heavy (non-hydrogen) atoms. The first kappa shape index (κ1) is 18.2. The number of amides is 2. The molecule has 142 valence electrons. The van der Waals surface area contributed by atoms with Crippen LogP contribution in [0, 0.1) is 5.95 Å². The lowest BCUT2D eigenvalue weighted by atomic mass is 10.6. The van der Waals surface area contributed by atoms with Gasteiger partial charge < -0.3 is 9.47 Å². The van der Waals surface area contributed by atoms with Crippen molar-refractivity contribution in [2.45, 2.75) is 5.03 Å². The number of nitrogens with one attached hydrogen (secondary N) is 2. The highest BCUT2D eigenvalue weighted by atomic mass is 32.2. The number of sulfonamides is 1. The molecule has 3 aromatic heterocycles. The summed E-state index contributed by atoms with van der Waals surface area (Å²) >= 11 is 0. The number of carbonyl (C=O) groups is 1. The molecule has 3 rings (SSSR count). The Bertz CT molecular complexity index is 1100. The van der Waals surface area contributed by atoms with Crippen molar-refractivity contribution in [2.24, 2.45) is 0 Å². The summed E-state index contributed by atoms with van der Waals surface area (Å²) in [6.45, 7) is 0. The maximum atomic E-state index is 14.0. The number of halogens is 1. The maximum absolute atomic E-state index is 14.0. The van der Waals surface area contributed by atoms with Gasteiger partial charge in [-0.15, -0.1) is 0 Å². The monoisotopic (exact) mass is 397 g/mol. The summed E-state index contributed by atoms with van der Waals surface area (Å²) in [5, 5.41) is 4.88. The second-order valence-corrected chi connectivity index (χ2v) is 6.44. The number of fused-ring (bicyclic) bond motifs is 1. The first-order valence-corrected chi connectivity index (χ1v) is 8.62. The third-order valence-electron chi connectivity index (χ3n) is 3.12. The molecule has 14 heteroatoms. The molecule has 12 nitrogen and oxygen atoms in total. The molecule has 0 aliphatic rings. The molecule has 0 aliphatic carbocycles. The fourth-order valence-electron chi connectivity index (χ4n) is 2.03. The van der Waals surface area contributed by atoms with E-state index in [1.165, 1.54) is 38.6 Å². The minimum absolute atomic E-state index is 0.0448. The average molecular weight is 397 g/mol. The molecular formula is C13H12FN7O5S. The van der Waals surface area contributed by atoms with Gasteiger partial charge in [-0.2, -0.15) is 37.4 Å². The lowest BCUT2D eigenvalue weighted by Crippen LogP contribution is -2.36. The Balaban J connectivity index is 1.86. The van der Waals surface area contributed by atoms with Crippen LogP contribution in [0.2, 0.25) is 0 Å². The van der Waals surface area contributed by atoms with Gasteiger partial charge in [-0.3, -0.25) is 5.32 Å². The van der Waals surface area contributed by atoms with Crippen LogP contribution in [0.3, 0.4) is 0 Å². The third kappa shape index (κ3) is 3.69. The van der Waals surface area contributed by atoms with Gasteiger partial charge in [0.05, 0.1) is 20.3 Å². The van der Waals surface area contributed by atoms with Crippen molar-refractivity contribution >= 4 is 27.6 Å². The van der Waals surface area contributed by atoms with Gasteiger partial charge in [0, 0.05) is 6.20 Å². The number of anilines is 1. The molecule has 0 bridgehead atoms. The van der Waals surface area contributed by atoms with Crippen LogP contribution in [0.1, 0.15) is 0 Å². The highest BCUT2D eigenvalue weighted by Crippen LogP contribution is 2.18. The van der Waals surface area contributed by atoms with Crippen molar-refractivity contribution in [3.05, 3.63) is 30.3 Å². The Labute approximate surface area is 151 Å². The van der Waals surface area contributed by atoms with Crippen molar-refractivity contribution in [1.29, 1.82) is 0 Å². The molecule has 0 atom stereocenters. The van der Waals surface area contributed by atoms with E-state index in [0.29, 0.717) is 0 Å². The fraction of sp³-hybridized carbons (Fsp3) is 0.154. The van der Waals surface area contributed by atoms with Gasteiger partial charge in [0.25, 0.3) is 16.0 Å². The molecule has 0 radical (unpaired) electrons. The van der Waals surface area contributed by atoms with E-state index >= 15 is 0 Å². The predicted molar refractivity (Wildman–Crippen MR) is 87.4 cm³/mol. The molecule has 3 aromatic rings. The van der Waals surface area contributed by atoms with Gasteiger partial charge in [0.1, 0.15) is 0 Å². The highest BCUT2D eigenvalue weighted by Gasteiger charge is 2.28. The van der Waals surface area contributed by atoms with Crippen LogP contribution < -0.4 is 19.5 Å². The molecule has 0 saturated heterocycles. The van der Waals surface area contributed by atoms with Crippen molar-refractivity contribution in [2.75, 3.05) is 19.5 Å². The number of imidazole rings is 1. The molecule has 3 heterocycles. The normalized spacial score (nSPS) is 11.2. The number of carbonyl (C=O) groups excluding carboxylic acids is 1. The zero-order valence-electron chi connectivity index (χ0n) is 13.9. The van der Waals surface area contributed by atoms with Crippen LogP contribution in [0.5, 0.6) is 11.8 Å². The summed E-state index contributed by atoms with van der Waals surface area (Å²) in [7, 11) is -1.98.